The lowest BCUT2D eigenvalue weighted by molar-refractivity contribution is -0.144. The topological polar surface area (TPSA) is 60.0 Å². The summed E-state index contributed by atoms with van der Waals surface area (Å²) in [5.74, 6) is 0. The molecule has 0 bridgehead atoms. The van der Waals surface area contributed by atoms with Crippen molar-refractivity contribution in [3.8, 4) is 0 Å². The first-order valence-corrected chi connectivity index (χ1v) is 5.94. The summed E-state index contributed by atoms with van der Waals surface area (Å²) < 4.78 is 39.5. The van der Waals surface area contributed by atoms with Gasteiger partial charge in [-0.15, -0.1) is 5.10 Å². The predicted octanol–water partition coefficient (Wildman–Crippen LogP) is 0.851. The van der Waals surface area contributed by atoms with Crippen molar-refractivity contribution >= 4 is 0 Å². The predicted molar refractivity (Wildman–Crippen MR) is 58.6 cm³/mol. The zero-order chi connectivity index (χ0) is 13.2. The van der Waals surface area contributed by atoms with Crippen LogP contribution in [0.2, 0.25) is 0 Å². The van der Waals surface area contributed by atoms with E-state index in [1.165, 1.54) is 0 Å². The van der Waals surface area contributed by atoms with Gasteiger partial charge in [0.15, 0.2) is 5.69 Å². The molecule has 0 amide bonds. The van der Waals surface area contributed by atoms with Crippen molar-refractivity contribution < 1.29 is 13.2 Å². The van der Waals surface area contributed by atoms with Crippen LogP contribution in [0.15, 0.2) is 0 Å². The van der Waals surface area contributed by atoms with Gasteiger partial charge in [0, 0.05) is 13.1 Å². The standard InChI is InChI=1S/C10H16F3N5/c11-10(12,13)9-8(7-14)15-16-18(9)6-5-17-3-1-2-4-17/h1-7,14H2. The molecule has 0 atom stereocenters. The van der Waals surface area contributed by atoms with Gasteiger partial charge in [0.25, 0.3) is 0 Å². The lowest BCUT2D eigenvalue weighted by Gasteiger charge is -2.16. The number of nitrogens with two attached hydrogens (primary N) is 1. The van der Waals surface area contributed by atoms with Crippen LogP contribution in [0.3, 0.4) is 0 Å². The van der Waals surface area contributed by atoms with Gasteiger partial charge in [-0.3, -0.25) is 0 Å². The third-order valence-corrected chi connectivity index (χ3v) is 3.09. The highest BCUT2D eigenvalue weighted by molar-refractivity contribution is 5.13. The van der Waals surface area contributed by atoms with E-state index in [2.05, 4.69) is 15.2 Å². The van der Waals surface area contributed by atoms with Crippen molar-refractivity contribution in [3.63, 3.8) is 0 Å². The third kappa shape index (κ3) is 2.81. The van der Waals surface area contributed by atoms with Gasteiger partial charge in [0.1, 0.15) is 5.69 Å². The normalized spacial score (nSPS) is 17.6. The van der Waals surface area contributed by atoms with Gasteiger partial charge in [-0.25, -0.2) is 4.68 Å². The molecule has 5 nitrogen and oxygen atoms in total. The molecule has 1 fully saturated rings. The van der Waals surface area contributed by atoms with E-state index >= 15 is 0 Å². The Morgan fingerprint density at radius 2 is 1.83 bits per heavy atom. The molecule has 0 saturated carbocycles. The Morgan fingerprint density at radius 1 is 1.17 bits per heavy atom. The molecule has 102 valence electrons. The molecule has 0 aliphatic carbocycles. The number of rotatable bonds is 4. The lowest BCUT2D eigenvalue weighted by Crippen LogP contribution is -2.27. The second-order valence-corrected chi connectivity index (χ2v) is 4.36. The highest BCUT2D eigenvalue weighted by Crippen LogP contribution is 2.30. The molecule has 2 N–H and O–H groups in total. The van der Waals surface area contributed by atoms with Gasteiger partial charge in [0.05, 0.1) is 6.54 Å². The molecule has 2 heterocycles. The number of aromatic nitrogens is 3. The quantitative estimate of drug-likeness (QED) is 0.875. The van der Waals surface area contributed by atoms with Crippen LogP contribution in [-0.2, 0) is 19.3 Å². The van der Waals surface area contributed by atoms with E-state index in [0.717, 1.165) is 30.6 Å². The van der Waals surface area contributed by atoms with Crippen LogP contribution in [-0.4, -0.2) is 39.5 Å². The fraction of sp³-hybridized carbons (Fsp3) is 0.800. The van der Waals surface area contributed by atoms with Crippen LogP contribution in [0.25, 0.3) is 0 Å². The second-order valence-electron chi connectivity index (χ2n) is 4.36. The minimum atomic E-state index is -4.46. The summed E-state index contributed by atoms with van der Waals surface area (Å²) in [5, 5.41) is 7.05. The molecule has 18 heavy (non-hydrogen) atoms. The molecule has 1 aromatic heterocycles. The van der Waals surface area contributed by atoms with Crippen molar-refractivity contribution in [2.45, 2.75) is 32.1 Å². The average Bonchev–Trinajstić information content (AvgIpc) is 2.94. The minimum Gasteiger partial charge on any atom is -0.325 e. The van der Waals surface area contributed by atoms with E-state index in [-0.39, 0.29) is 18.8 Å². The first-order valence-electron chi connectivity index (χ1n) is 5.94. The first kappa shape index (κ1) is 13.3. The fourth-order valence-electron chi connectivity index (χ4n) is 2.20. The summed E-state index contributed by atoms with van der Waals surface area (Å²) >= 11 is 0. The summed E-state index contributed by atoms with van der Waals surface area (Å²) in [6.45, 7) is 2.40. The van der Waals surface area contributed by atoms with Gasteiger partial charge in [-0.1, -0.05) is 5.21 Å². The van der Waals surface area contributed by atoms with Crippen LogP contribution >= 0.6 is 0 Å². The van der Waals surface area contributed by atoms with Gasteiger partial charge in [-0.2, -0.15) is 13.2 Å². The molecule has 0 aromatic carbocycles. The summed E-state index contributed by atoms with van der Waals surface area (Å²) in [5.41, 5.74) is 4.25. The number of halogens is 3. The zero-order valence-electron chi connectivity index (χ0n) is 9.95. The first-order chi connectivity index (χ1) is 8.52. The van der Waals surface area contributed by atoms with Crippen molar-refractivity contribution in [2.75, 3.05) is 19.6 Å². The van der Waals surface area contributed by atoms with Crippen LogP contribution < -0.4 is 5.73 Å². The van der Waals surface area contributed by atoms with E-state index in [1.54, 1.807) is 0 Å². The average molecular weight is 263 g/mol. The lowest BCUT2D eigenvalue weighted by atomic mass is 10.3. The van der Waals surface area contributed by atoms with Crippen LogP contribution in [0, 0.1) is 0 Å². The summed E-state index contributed by atoms with van der Waals surface area (Å²) in [6.07, 6.45) is -2.24. The van der Waals surface area contributed by atoms with Crippen LogP contribution in [0.4, 0.5) is 13.2 Å². The van der Waals surface area contributed by atoms with Gasteiger partial charge < -0.3 is 10.6 Å². The molecule has 0 radical (unpaired) electrons. The highest BCUT2D eigenvalue weighted by atomic mass is 19.4. The summed E-state index contributed by atoms with van der Waals surface area (Å²) in [6, 6.07) is 0. The van der Waals surface area contributed by atoms with E-state index in [9.17, 15) is 13.2 Å². The van der Waals surface area contributed by atoms with Crippen LogP contribution in [0.1, 0.15) is 24.2 Å². The summed E-state index contributed by atoms with van der Waals surface area (Å²) in [7, 11) is 0. The maximum Gasteiger partial charge on any atom is 0.434 e. The van der Waals surface area contributed by atoms with E-state index in [4.69, 9.17) is 5.73 Å². The third-order valence-electron chi connectivity index (χ3n) is 3.09. The Labute approximate surface area is 103 Å². The monoisotopic (exact) mass is 263 g/mol. The number of alkyl halides is 3. The molecule has 0 unspecified atom stereocenters. The zero-order valence-corrected chi connectivity index (χ0v) is 9.95. The highest BCUT2D eigenvalue weighted by Gasteiger charge is 2.38. The maximum atomic E-state index is 12.9. The fourth-order valence-corrected chi connectivity index (χ4v) is 2.20. The molecule has 1 aliphatic heterocycles. The van der Waals surface area contributed by atoms with Crippen LogP contribution in [0.5, 0.6) is 0 Å². The summed E-state index contributed by atoms with van der Waals surface area (Å²) in [4.78, 5) is 2.13. The minimum absolute atomic E-state index is 0.191. The van der Waals surface area contributed by atoms with Gasteiger partial charge in [0.2, 0.25) is 0 Å². The largest absolute Gasteiger partial charge is 0.434 e. The van der Waals surface area contributed by atoms with Gasteiger partial charge in [-0.05, 0) is 25.9 Å². The molecule has 1 aromatic rings. The number of likely N-dealkylation sites (tertiary alicyclic amines) is 1. The van der Waals surface area contributed by atoms with Crippen molar-refractivity contribution in [1.29, 1.82) is 0 Å². The Kier molecular flexibility index (Phi) is 3.86. The van der Waals surface area contributed by atoms with Crippen molar-refractivity contribution in [2.24, 2.45) is 5.73 Å². The molecular formula is C10H16F3N5. The van der Waals surface area contributed by atoms with Crippen molar-refractivity contribution in [1.82, 2.24) is 19.9 Å². The molecule has 0 spiro atoms. The van der Waals surface area contributed by atoms with Crippen molar-refractivity contribution in [3.05, 3.63) is 11.4 Å². The molecular weight excluding hydrogens is 247 g/mol. The van der Waals surface area contributed by atoms with E-state index < -0.39 is 11.9 Å². The molecule has 8 heteroatoms. The van der Waals surface area contributed by atoms with Gasteiger partial charge >= 0.3 is 6.18 Å². The maximum absolute atomic E-state index is 12.9. The smallest absolute Gasteiger partial charge is 0.325 e. The molecule has 2 rings (SSSR count). The van der Waals surface area contributed by atoms with E-state index in [0.29, 0.717) is 6.54 Å². The number of hydrogen-bond donors (Lipinski definition) is 1. The molecule has 1 aliphatic rings. The Morgan fingerprint density at radius 3 is 2.39 bits per heavy atom. The Bertz CT molecular complexity index is 395. The Balaban J connectivity index is 2.09. The second kappa shape index (κ2) is 5.23. The number of nitrogens with zero attached hydrogens (tertiary/aromatic N) is 4. The molecule has 1 saturated heterocycles. The SMILES string of the molecule is NCc1nnn(CCN2CCCC2)c1C(F)(F)F. The Hall–Kier alpha value is -1.15. The number of hydrogen-bond acceptors (Lipinski definition) is 4. The van der Waals surface area contributed by atoms with E-state index in [1.807, 2.05) is 0 Å².